The summed E-state index contributed by atoms with van der Waals surface area (Å²) in [4.78, 5) is 11.1. The van der Waals surface area contributed by atoms with Crippen molar-refractivity contribution in [3.8, 4) is 11.3 Å². The number of benzene rings is 1. The van der Waals surface area contributed by atoms with E-state index in [1.807, 2.05) is 6.92 Å². The average molecular weight is 284 g/mol. The molecule has 1 heterocycles. The van der Waals surface area contributed by atoms with E-state index in [-0.39, 0.29) is 5.69 Å². The van der Waals surface area contributed by atoms with E-state index >= 15 is 0 Å². The van der Waals surface area contributed by atoms with Gasteiger partial charge >= 0.3 is 5.97 Å². The van der Waals surface area contributed by atoms with Gasteiger partial charge in [0.25, 0.3) is 0 Å². The van der Waals surface area contributed by atoms with Crippen LogP contribution in [-0.2, 0) is 6.54 Å². The molecule has 94 valence electrons. The Morgan fingerprint density at radius 1 is 1.28 bits per heavy atom. The zero-order valence-electron chi connectivity index (χ0n) is 9.65. The molecular formula is C13H11Cl2NO2. The molecule has 0 unspecified atom stereocenters. The van der Waals surface area contributed by atoms with E-state index in [2.05, 4.69) is 0 Å². The van der Waals surface area contributed by atoms with Crippen molar-refractivity contribution >= 4 is 29.2 Å². The van der Waals surface area contributed by atoms with Crippen LogP contribution in [0.15, 0.2) is 30.3 Å². The lowest BCUT2D eigenvalue weighted by atomic mass is 10.1. The molecule has 18 heavy (non-hydrogen) atoms. The van der Waals surface area contributed by atoms with Crippen LogP contribution in [0.3, 0.4) is 0 Å². The van der Waals surface area contributed by atoms with Crippen LogP contribution in [0.4, 0.5) is 0 Å². The number of aromatic carboxylic acids is 1. The first kappa shape index (κ1) is 13.0. The predicted octanol–water partition coefficient (Wildman–Crippen LogP) is 4.18. The fraction of sp³-hybridized carbons (Fsp3) is 0.154. The number of carbonyl (C=O) groups is 1. The van der Waals surface area contributed by atoms with Crippen LogP contribution < -0.4 is 0 Å². The Bertz CT molecular complexity index is 605. The summed E-state index contributed by atoms with van der Waals surface area (Å²) in [5, 5.41) is 10.2. The maximum atomic E-state index is 11.1. The lowest BCUT2D eigenvalue weighted by Crippen LogP contribution is -2.08. The van der Waals surface area contributed by atoms with Gasteiger partial charge in [-0.25, -0.2) is 4.79 Å². The van der Waals surface area contributed by atoms with Gasteiger partial charge in [-0.2, -0.15) is 0 Å². The second kappa shape index (κ2) is 5.04. The first-order chi connectivity index (χ1) is 8.54. The lowest BCUT2D eigenvalue weighted by Gasteiger charge is -2.10. The van der Waals surface area contributed by atoms with E-state index in [1.165, 1.54) is 0 Å². The molecule has 0 amide bonds. The maximum absolute atomic E-state index is 11.1. The summed E-state index contributed by atoms with van der Waals surface area (Å²) in [6.45, 7) is 2.45. The molecular weight excluding hydrogens is 273 g/mol. The van der Waals surface area contributed by atoms with Crippen molar-refractivity contribution in [3.05, 3.63) is 46.1 Å². The Labute approximate surface area is 115 Å². The fourth-order valence-electron chi connectivity index (χ4n) is 1.93. The second-order valence-corrected chi connectivity index (χ2v) is 4.62. The molecule has 0 bridgehead atoms. The van der Waals surface area contributed by atoms with E-state index in [1.54, 1.807) is 34.9 Å². The van der Waals surface area contributed by atoms with Crippen LogP contribution in [0.1, 0.15) is 17.4 Å². The van der Waals surface area contributed by atoms with Crippen LogP contribution in [0.2, 0.25) is 10.0 Å². The Morgan fingerprint density at radius 3 is 2.56 bits per heavy atom. The molecule has 0 atom stereocenters. The second-order valence-electron chi connectivity index (χ2n) is 3.78. The number of hydrogen-bond acceptors (Lipinski definition) is 1. The number of rotatable bonds is 3. The molecule has 3 nitrogen and oxygen atoms in total. The number of halogens is 2. The lowest BCUT2D eigenvalue weighted by molar-refractivity contribution is 0.0685. The molecule has 0 aliphatic heterocycles. The molecule has 0 aliphatic carbocycles. The summed E-state index contributed by atoms with van der Waals surface area (Å²) in [7, 11) is 0. The van der Waals surface area contributed by atoms with Crippen molar-refractivity contribution in [1.82, 2.24) is 4.57 Å². The van der Waals surface area contributed by atoms with Crippen molar-refractivity contribution in [3.63, 3.8) is 0 Å². The highest BCUT2D eigenvalue weighted by Crippen LogP contribution is 2.31. The summed E-state index contributed by atoms with van der Waals surface area (Å²) in [6.07, 6.45) is 0. The third-order valence-electron chi connectivity index (χ3n) is 2.72. The highest BCUT2D eigenvalue weighted by atomic mass is 35.5. The number of aromatic nitrogens is 1. The van der Waals surface area contributed by atoms with Gasteiger partial charge in [0.15, 0.2) is 0 Å². The monoisotopic (exact) mass is 283 g/mol. The first-order valence-electron chi connectivity index (χ1n) is 5.42. The largest absolute Gasteiger partial charge is 0.477 e. The Balaban J connectivity index is 2.60. The van der Waals surface area contributed by atoms with E-state index in [4.69, 9.17) is 28.3 Å². The normalized spacial score (nSPS) is 10.6. The first-order valence-corrected chi connectivity index (χ1v) is 6.18. The van der Waals surface area contributed by atoms with E-state index in [0.29, 0.717) is 16.6 Å². The molecule has 2 rings (SSSR count). The standard InChI is InChI=1S/C13H11Cl2NO2/c1-2-16-11(5-6-12(16)13(17)18)9-4-3-8(14)7-10(9)15/h3-7H,2H2,1H3,(H,17,18). The van der Waals surface area contributed by atoms with Gasteiger partial charge in [0.05, 0.1) is 10.7 Å². The smallest absolute Gasteiger partial charge is 0.352 e. The van der Waals surface area contributed by atoms with Crippen molar-refractivity contribution in [2.24, 2.45) is 0 Å². The van der Waals surface area contributed by atoms with Crippen molar-refractivity contribution in [1.29, 1.82) is 0 Å². The SMILES string of the molecule is CCn1c(C(=O)O)ccc1-c1ccc(Cl)cc1Cl. The minimum atomic E-state index is -0.951. The number of carboxylic acid groups (broad SMARTS) is 1. The van der Waals surface area contributed by atoms with E-state index in [0.717, 1.165) is 11.3 Å². The van der Waals surface area contributed by atoms with Gasteiger partial charge in [-0.1, -0.05) is 23.2 Å². The summed E-state index contributed by atoms with van der Waals surface area (Å²) < 4.78 is 1.71. The third-order valence-corrected chi connectivity index (χ3v) is 3.27. The van der Waals surface area contributed by atoms with Gasteiger partial charge in [-0.15, -0.1) is 0 Å². The molecule has 0 spiro atoms. The van der Waals surface area contributed by atoms with Crippen LogP contribution in [0, 0.1) is 0 Å². The topological polar surface area (TPSA) is 42.2 Å². The van der Waals surface area contributed by atoms with Crippen LogP contribution in [0.5, 0.6) is 0 Å². The predicted molar refractivity (Wildman–Crippen MR) is 72.5 cm³/mol. The fourth-order valence-corrected chi connectivity index (χ4v) is 2.43. The minimum Gasteiger partial charge on any atom is -0.477 e. The summed E-state index contributed by atoms with van der Waals surface area (Å²) in [5.74, 6) is -0.951. The van der Waals surface area contributed by atoms with Gasteiger partial charge in [-0.3, -0.25) is 0 Å². The van der Waals surface area contributed by atoms with E-state index < -0.39 is 5.97 Å². The van der Waals surface area contributed by atoms with Gasteiger partial charge in [0.2, 0.25) is 0 Å². The molecule has 1 aromatic carbocycles. The zero-order valence-corrected chi connectivity index (χ0v) is 11.2. The van der Waals surface area contributed by atoms with Crippen LogP contribution in [-0.4, -0.2) is 15.6 Å². The zero-order chi connectivity index (χ0) is 13.3. The molecule has 0 radical (unpaired) electrons. The number of hydrogen-bond donors (Lipinski definition) is 1. The van der Waals surface area contributed by atoms with Crippen molar-refractivity contribution in [2.45, 2.75) is 13.5 Å². The molecule has 1 N–H and O–H groups in total. The van der Waals surface area contributed by atoms with Gasteiger partial charge in [0, 0.05) is 17.1 Å². The third kappa shape index (κ3) is 2.24. The summed E-state index contributed by atoms with van der Waals surface area (Å²) >= 11 is 12.0. The molecule has 2 aromatic rings. The van der Waals surface area contributed by atoms with Crippen molar-refractivity contribution < 1.29 is 9.90 Å². The number of nitrogens with zero attached hydrogens (tertiary/aromatic N) is 1. The van der Waals surface area contributed by atoms with Gasteiger partial charge < -0.3 is 9.67 Å². The Hall–Kier alpha value is -1.45. The maximum Gasteiger partial charge on any atom is 0.352 e. The quantitative estimate of drug-likeness (QED) is 0.918. The highest BCUT2D eigenvalue weighted by molar-refractivity contribution is 6.36. The number of carboxylic acids is 1. The van der Waals surface area contributed by atoms with Crippen molar-refractivity contribution in [2.75, 3.05) is 0 Å². The molecule has 0 saturated carbocycles. The Kier molecular flexibility index (Phi) is 3.64. The van der Waals surface area contributed by atoms with Gasteiger partial charge in [-0.05, 0) is 37.3 Å². The minimum absolute atomic E-state index is 0.249. The summed E-state index contributed by atoms with van der Waals surface area (Å²) in [6, 6.07) is 8.49. The Morgan fingerprint density at radius 2 is 2.00 bits per heavy atom. The molecule has 0 fully saturated rings. The van der Waals surface area contributed by atoms with Crippen LogP contribution >= 0.6 is 23.2 Å². The molecule has 5 heteroatoms. The molecule has 1 aromatic heterocycles. The average Bonchev–Trinajstić information content (AvgIpc) is 2.72. The van der Waals surface area contributed by atoms with Crippen LogP contribution in [0.25, 0.3) is 11.3 Å². The summed E-state index contributed by atoms with van der Waals surface area (Å²) in [5.41, 5.74) is 1.80. The van der Waals surface area contributed by atoms with Gasteiger partial charge in [0.1, 0.15) is 5.69 Å². The highest BCUT2D eigenvalue weighted by Gasteiger charge is 2.15. The molecule has 0 saturated heterocycles. The molecule has 0 aliphatic rings. The van der Waals surface area contributed by atoms with E-state index in [9.17, 15) is 4.79 Å².